The second-order valence-electron chi connectivity index (χ2n) is 6.17. The zero-order valence-electron chi connectivity index (χ0n) is 12.4. The number of hydrogen-bond donors (Lipinski definition) is 2. The summed E-state index contributed by atoms with van der Waals surface area (Å²) in [5, 5.41) is 10.9. The normalized spacial score (nSPS) is 29.8. The number of piperidine rings is 1. The molecule has 5 heteroatoms. The van der Waals surface area contributed by atoms with Gasteiger partial charge < -0.3 is 10.6 Å². The molecule has 1 aliphatic carbocycles. The van der Waals surface area contributed by atoms with Crippen LogP contribution < -0.4 is 10.6 Å². The van der Waals surface area contributed by atoms with Gasteiger partial charge in [0.25, 0.3) is 0 Å². The fraction of sp³-hybridized carbons (Fsp3) is 0.733. The van der Waals surface area contributed by atoms with Crippen LogP contribution in [0.3, 0.4) is 0 Å². The monoisotopic (exact) mass is 276 g/mol. The van der Waals surface area contributed by atoms with Crippen molar-refractivity contribution in [3.63, 3.8) is 0 Å². The van der Waals surface area contributed by atoms with E-state index in [2.05, 4.69) is 22.7 Å². The van der Waals surface area contributed by atoms with Gasteiger partial charge in [-0.15, -0.1) is 0 Å². The molecule has 20 heavy (non-hydrogen) atoms. The van der Waals surface area contributed by atoms with E-state index in [9.17, 15) is 4.79 Å². The van der Waals surface area contributed by atoms with Gasteiger partial charge in [0.05, 0.1) is 18.3 Å². The number of nitrogens with one attached hydrogen (secondary N) is 2. The van der Waals surface area contributed by atoms with Crippen LogP contribution in [0, 0.1) is 5.92 Å². The van der Waals surface area contributed by atoms with Gasteiger partial charge in [-0.2, -0.15) is 5.10 Å². The zero-order valence-corrected chi connectivity index (χ0v) is 12.4. The lowest BCUT2D eigenvalue weighted by Gasteiger charge is -2.31. The third-order valence-corrected chi connectivity index (χ3v) is 4.74. The molecule has 0 saturated carbocycles. The smallest absolute Gasteiger partial charge is 0.237 e. The molecule has 1 aromatic rings. The lowest BCUT2D eigenvalue weighted by Crippen LogP contribution is -2.51. The van der Waals surface area contributed by atoms with Crippen LogP contribution in [0.25, 0.3) is 0 Å². The van der Waals surface area contributed by atoms with Crippen molar-refractivity contribution >= 4 is 5.91 Å². The summed E-state index contributed by atoms with van der Waals surface area (Å²) >= 11 is 0. The van der Waals surface area contributed by atoms with Crippen LogP contribution in [0.2, 0.25) is 0 Å². The number of amides is 1. The van der Waals surface area contributed by atoms with Gasteiger partial charge in [0.1, 0.15) is 0 Å². The highest BCUT2D eigenvalue weighted by Gasteiger charge is 2.31. The number of fused-ring (bicyclic) bond motifs is 1. The first-order valence-corrected chi connectivity index (χ1v) is 7.71. The first-order valence-electron chi connectivity index (χ1n) is 7.71. The second kappa shape index (κ2) is 5.56. The maximum atomic E-state index is 12.5. The quantitative estimate of drug-likeness (QED) is 0.856. The van der Waals surface area contributed by atoms with E-state index < -0.39 is 0 Å². The predicted molar refractivity (Wildman–Crippen MR) is 77.2 cm³/mol. The van der Waals surface area contributed by atoms with Gasteiger partial charge in [0, 0.05) is 18.3 Å². The Morgan fingerprint density at radius 3 is 3.10 bits per heavy atom. The molecular weight excluding hydrogens is 252 g/mol. The molecule has 110 valence electrons. The van der Waals surface area contributed by atoms with E-state index in [4.69, 9.17) is 0 Å². The van der Waals surface area contributed by atoms with Crippen molar-refractivity contribution in [1.82, 2.24) is 20.4 Å². The van der Waals surface area contributed by atoms with Crippen LogP contribution in [-0.2, 0) is 18.3 Å². The van der Waals surface area contributed by atoms with Crippen LogP contribution in [0.1, 0.15) is 49.9 Å². The largest absolute Gasteiger partial charge is 0.348 e. The Bertz CT molecular complexity index is 496. The van der Waals surface area contributed by atoms with Crippen LogP contribution in [-0.4, -0.2) is 28.3 Å². The van der Waals surface area contributed by atoms with Crippen LogP contribution in [0.5, 0.6) is 0 Å². The molecule has 1 aliphatic heterocycles. The molecule has 2 aliphatic rings. The van der Waals surface area contributed by atoms with Gasteiger partial charge in [0.15, 0.2) is 0 Å². The number of aromatic nitrogens is 2. The van der Waals surface area contributed by atoms with E-state index in [0.29, 0.717) is 5.92 Å². The van der Waals surface area contributed by atoms with Crippen molar-refractivity contribution in [3.05, 3.63) is 17.5 Å². The van der Waals surface area contributed by atoms with E-state index in [1.54, 1.807) is 0 Å². The average molecular weight is 276 g/mol. The molecule has 2 N–H and O–H groups in total. The third kappa shape index (κ3) is 2.46. The Balaban J connectivity index is 1.70. The molecule has 1 saturated heterocycles. The summed E-state index contributed by atoms with van der Waals surface area (Å²) in [4.78, 5) is 12.5. The minimum absolute atomic E-state index is 0.0363. The summed E-state index contributed by atoms with van der Waals surface area (Å²) in [5.74, 6) is 0.569. The fourth-order valence-electron chi connectivity index (χ4n) is 3.52. The maximum Gasteiger partial charge on any atom is 0.237 e. The van der Waals surface area contributed by atoms with Crippen molar-refractivity contribution in [1.29, 1.82) is 0 Å². The van der Waals surface area contributed by atoms with Gasteiger partial charge in [0.2, 0.25) is 5.91 Å². The Morgan fingerprint density at radius 2 is 2.30 bits per heavy atom. The molecule has 1 fully saturated rings. The number of nitrogens with zero attached hydrogens (tertiary/aromatic N) is 2. The summed E-state index contributed by atoms with van der Waals surface area (Å²) < 4.78 is 1.94. The second-order valence-corrected chi connectivity index (χ2v) is 6.17. The number of rotatable bonds is 2. The van der Waals surface area contributed by atoms with Crippen molar-refractivity contribution in [2.75, 3.05) is 6.54 Å². The summed E-state index contributed by atoms with van der Waals surface area (Å²) in [6.45, 7) is 3.11. The Morgan fingerprint density at radius 1 is 1.45 bits per heavy atom. The Kier molecular flexibility index (Phi) is 3.78. The lowest BCUT2D eigenvalue weighted by molar-refractivity contribution is -0.125. The summed E-state index contributed by atoms with van der Waals surface area (Å²) in [6, 6.07) is 0.0988. The van der Waals surface area contributed by atoms with Crippen LogP contribution in [0.15, 0.2) is 6.20 Å². The topological polar surface area (TPSA) is 59.0 Å². The number of aryl methyl sites for hydroxylation is 1. The first kappa shape index (κ1) is 13.6. The standard InChI is InChI=1S/C15H24N4O/c1-10-5-4-8-16-14(10)15(20)18-12-6-3-7-13-11(12)9-17-19(13)2/h9-10,12,14,16H,3-8H2,1-2H3,(H,18,20). The molecule has 0 spiro atoms. The molecule has 2 heterocycles. The van der Waals surface area contributed by atoms with Gasteiger partial charge in [-0.1, -0.05) is 6.92 Å². The Labute approximate surface area is 120 Å². The number of carbonyl (C=O) groups excluding carboxylic acids is 1. The number of carbonyl (C=O) groups is 1. The van der Waals surface area contributed by atoms with Crippen LogP contribution in [0.4, 0.5) is 0 Å². The predicted octanol–water partition coefficient (Wildman–Crippen LogP) is 1.30. The summed E-state index contributed by atoms with van der Waals surface area (Å²) in [6.07, 6.45) is 7.42. The van der Waals surface area contributed by atoms with Gasteiger partial charge in [-0.05, 0) is 44.6 Å². The molecule has 0 aromatic carbocycles. The molecule has 1 aromatic heterocycles. The lowest BCUT2D eigenvalue weighted by atomic mass is 9.90. The molecule has 1 amide bonds. The van der Waals surface area contributed by atoms with Crippen molar-refractivity contribution in [3.8, 4) is 0 Å². The van der Waals surface area contributed by atoms with E-state index in [-0.39, 0.29) is 18.0 Å². The molecule has 0 radical (unpaired) electrons. The summed E-state index contributed by atoms with van der Waals surface area (Å²) in [5.41, 5.74) is 2.47. The van der Waals surface area contributed by atoms with Gasteiger partial charge >= 0.3 is 0 Å². The number of hydrogen-bond acceptors (Lipinski definition) is 3. The maximum absolute atomic E-state index is 12.5. The van der Waals surface area contributed by atoms with E-state index in [1.807, 2.05) is 17.9 Å². The molecule has 5 nitrogen and oxygen atoms in total. The molecule has 3 unspecified atom stereocenters. The van der Waals surface area contributed by atoms with E-state index in [0.717, 1.165) is 32.2 Å². The first-order chi connectivity index (χ1) is 9.66. The minimum Gasteiger partial charge on any atom is -0.348 e. The zero-order chi connectivity index (χ0) is 14.1. The fourth-order valence-corrected chi connectivity index (χ4v) is 3.52. The van der Waals surface area contributed by atoms with E-state index in [1.165, 1.54) is 17.7 Å². The highest BCUT2D eigenvalue weighted by molar-refractivity contribution is 5.82. The molecule has 3 atom stereocenters. The molecule has 0 bridgehead atoms. The highest BCUT2D eigenvalue weighted by atomic mass is 16.2. The van der Waals surface area contributed by atoms with Gasteiger partial charge in [-0.25, -0.2) is 0 Å². The molecular formula is C15H24N4O. The van der Waals surface area contributed by atoms with Crippen molar-refractivity contribution < 1.29 is 4.79 Å². The third-order valence-electron chi connectivity index (χ3n) is 4.74. The Hall–Kier alpha value is -1.36. The minimum atomic E-state index is -0.0363. The average Bonchev–Trinajstić information content (AvgIpc) is 2.82. The SMILES string of the molecule is CC1CCCNC1C(=O)NC1CCCc2c1cnn2C. The van der Waals surface area contributed by atoms with E-state index >= 15 is 0 Å². The van der Waals surface area contributed by atoms with Crippen molar-refractivity contribution in [2.24, 2.45) is 13.0 Å². The molecule has 3 rings (SSSR count). The van der Waals surface area contributed by atoms with Gasteiger partial charge in [-0.3, -0.25) is 9.48 Å². The van der Waals surface area contributed by atoms with Crippen LogP contribution >= 0.6 is 0 Å². The highest BCUT2D eigenvalue weighted by Crippen LogP contribution is 2.29. The summed E-state index contributed by atoms with van der Waals surface area (Å²) in [7, 11) is 1.98. The van der Waals surface area contributed by atoms with Crippen molar-refractivity contribution in [2.45, 2.75) is 51.1 Å².